The predicted molar refractivity (Wildman–Crippen MR) is 135 cm³/mol. The number of amides is 1. The van der Waals surface area contributed by atoms with E-state index in [-0.39, 0.29) is 23.8 Å². The van der Waals surface area contributed by atoms with E-state index in [1.54, 1.807) is 37.3 Å². The van der Waals surface area contributed by atoms with Crippen molar-refractivity contribution in [2.24, 2.45) is 11.5 Å². The Morgan fingerprint density at radius 1 is 1.08 bits per heavy atom. The van der Waals surface area contributed by atoms with Crippen LogP contribution in [-0.2, 0) is 14.3 Å². The van der Waals surface area contributed by atoms with E-state index in [1.807, 2.05) is 18.2 Å². The summed E-state index contributed by atoms with van der Waals surface area (Å²) in [6.07, 6.45) is 0.623. The predicted octanol–water partition coefficient (Wildman–Crippen LogP) is 1.43. The zero-order valence-corrected chi connectivity index (χ0v) is 20.1. The molecule has 8 N–H and O–H groups in total. The van der Waals surface area contributed by atoms with Gasteiger partial charge in [-0.3, -0.25) is 10.2 Å². The van der Waals surface area contributed by atoms with Crippen molar-refractivity contribution in [3.63, 3.8) is 0 Å². The number of benzene rings is 2. The SMILES string of the molecule is Cc1nc(C(=O)NCC(=O)OC(=O)[C@@H](N)CCCNC(=N)N)c(O)c2ccc(Oc3ccccc3)cc12. The quantitative estimate of drug-likeness (QED) is 0.0764. The van der Waals surface area contributed by atoms with Crippen LogP contribution in [-0.4, -0.2) is 53.0 Å². The fraction of sp³-hybridized carbons (Fsp3) is 0.240. The van der Waals surface area contributed by atoms with Crippen LogP contribution in [0, 0.1) is 12.3 Å². The number of nitrogens with two attached hydrogens (primary N) is 2. The van der Waals surface area contributed by atoms with Crippen LogP contribution in [0.1, 0.15) is 29.0 Å². The Hall–Kier alpha value is -4.71. The first-order valence-corrected chi connectivity index (χ1v) is 11.4. The molecular weight excluding hydrogens is 480 g/mol. The molecule has 1 aromatic heterocycles. The van der Waals surface area contributed by atoms with Gasteiger partial charge in [0.15, 0.2) is 17.4 Å². The second-order valence-electron chi connectivity index (χ2n) is 8.08. The summed E-state index contributed by atoms with van der Waals surface area (Å²) < 4.78 is 10.5. The Morgan fingerprint density at radius 3 is 2.51 bits per heavy atom. The van der Waals surface area contributed by atoms with Crippen LogP contribution in [0.3, 0.4) is 0 Å². The molecule has 0 aliphatic heterocycles. The van der Waals surface area contributed by atoms with E-state index in [0.29, 0.717) is 40.9 Å². The second kappa shape index (κ2) is 12.3. The van der Waals surface area contributed by atoms with Crippen molar-refractivity contribution in [1.82, 2.24) is 15.6 Å². The first kappa shape index (κ1) is 26.9. The standard InChI is InChI=1S/C25H28N6O6/c1-14-18-12-16(36-15-6-3-2-4-7-15)9-10-17(18)22(33)21(31-14)23(34)30-13-20(32)37-24(35)19(26)8-5-11-29-25(27)28/h2-4,6-7,9-10,12,19,33H,5,8,11,13,26H2,1H3,(H,30,34)(H4,27,28,29)/t19-/m0/s1. The van der Waals surface area contributed by atoms with Gasteiger partial charge in [0.05, 0.1) is 0 Å². The lowest BCUT2D eigenvalue weighted by atomic mass is 10.1. The lowest BCUT2D eigenvalue weighted by Gasteiger charge is -2.13. The number of hydrogen-bond acceptors (Lipinski definition) is 9. The number of hydrogen-bond donors (Lipinski definition) is 6. The summed E-state index contributed by atoms with van der Waals surface area (Å²) in [5, 5.41) is 23.5. The highest BCUT2D eigenvalue weighted by Gasteiger charge is 2.22. The van der Waals surface area contributed by atoms with Crippen molar-refractivity contribution in [2.45, 2.75) is 25.8 Å². The normalized spacial score (nSPS) is 11.4. The Bertz CT molecular complexity index is 1310. The number of pyridine rings is 1. The summed E-state index contributed by atoms with van der Waals surface area (Å²) >= 11 is 0. The smallest absolute Gasteiger partial charge is 0.333 e. The van der Waals surface area contributed by atoms with Gasteiger partial charge in [-0.25, -0.2) is 14.6 Å². The Kier molecular flexibility index (Phi) is 8.95. The number of para-hydroxylation sites is 1. The molecule has 2 aromatic carbocycles. The van der Waals surface area contributed by atoms with Crippen LogP contribution in [0.25, 0.3) is 10.8 Å². The third kappa shape index (κ3) is 7.39. The number of aromatic nitrogens is 1. The van der Waals surface area contributed by atoms with Crippen LogP contribution in [0.2, 0.25) is 0 Å². The maximum absolute atomic E-state index is 12.6. The molecule has 0 unspecified atom stereocenters. The maximum Gasteiger partial charge on any atom is 0.333 e. The number of fused-ring (bicyclic) bond motifs is 1. The molecule has 12 heteroatoms. The monoisotopic (exact) mass is 508 g/mol. The van der Waals surface area contributed by atoms with Crippen LogP contribution in [0.15, 0.2) is 48.5 Å². The summed E-state index contributed by atoms with van der Waals surface area (Å²) in [7, 11) is 0. The fourth-order valence-corrected chi connectivity index (χ4v) is 3.41. The highest BCUT2D eigenvalue weighted by Crippen LogP contribution is 2.33. The average Bonchev–Trinajstić information content (AvgIpc) is 2.87. The van der Waals surface area contributed by atoms with Crippen molar-refractivity contribution in [3.05, 3.63) is 59.9 Å². The molecule has 1 heterocycles. The van der Waals surface area contributed by atoms with Gasteiger partial charge in [0.2, 0.25) is 0 Å². The summed E-state index contributed by atoms with van der Waals surface area (Å²) in [6, 6.07) is 13.1. The van der Waals surface area contributed by atoms with Crippen LogP contribution in [0.5, 0.6) is 17.2 Å². The zero-order valence-electron chi connectivity index (χ0n) is 20.1. The largest absolute Gasteiger partial charge is 0.505 e. The lowest BCUT2D eigenvalue weighted by molar-refractivity contribution is -0.160. The Balaban J connectivity index is 1.59. The number of esters is 2. The number of nitrogens with zero attached hydrogens (tertiary/aromatic N) is 1. The molecule has 3 aromatic rings. The van der Waals surface area contributed by atoms with Crippen LogP contribution in [0.4, 0.5) is 0 Å². The van der Waals surface area contributed by atoms with E-state index in [0.717, 1.165) is 0 Å². The van der Waals surface area contributed by atoms with Gasteiger partial charge in [0, 0.05) is 23.0 Å². The summed E-state index contributed by atoms with van der Waals surface area (Å²) in [5.74, 6) is -2.18. The minimum Gasteiger partial charge on any atom is -0.505 e. The Morgan fingerprint density at radius 2 is 1.81 bits per heavy atom. The Labute approximate surface area is 212 Å². The van der Waals surface area contributed by atoms with Gasteiger partial charge in [-0.2, -0.15) is 0 Å². The van der Waals surface area contributed by atoms with Gasteiger partial charge in [-0.15, -0.1) is 0 Å². The van der Waals surface area contributed by atoms with Gasteiger partial charge in [0.25, 0.3) is 5.91 Å². The highest BCUT2D eigenvalue weighted by atomic mass is 16.6. The summed E-state index contributed by atoms with van der Waals surface area (Å²) in [4.78, 5) is 40.7. The molecule has 194 valence electrons. The number of aryl methyl sites for hydroxylation is 1. The molecule has 0 saturated carbocycles. The minimum atomic E-state index is -1.06. The first-order chi connectivity index (χ1) is 17.7. The van der Waals surface area contributed by atoms with Crippen LogP contribution < -0.4 is 26.8 Å². The number of ether oxygens (including phenoxy) is 2. The summed E-state index contributed by atoms with van der Waals surface area (Å²) in [6.45, 7) is 1.37. The maximum atomic E-state index is 12.6. The van der Waals surface area contributed by atoms with Crippen molar-refractivity contribution in [2.75, 3.05) is 13.1 Å². The van der Waals surface area contributed by atoms with E-state index in [4.69, 9.17) is 21.6 Å². The number of carbonyl (C=O) groups excluding carboxylic acids is 3. The molecular formula is C25H28N6O6. The van der Waals surface area contributed by atoms with Gasteiger partial charge in [-0.05, 0) is 50.1 Å². The van der Waals surface area contributed by atoms with Crippen molar-refractivity contribution >= 4 is 34.6 Å². The summed E-state index contributed by atoms with van der Waals surface area (Å²) in [5.41, 5.74) is 11.0. The van der Waals surface area contributed by atoms with E-state index >= 15 is 0 Å². The molecule has 0 saturated heterocycles. The zero-order chi connectivity index (χ0) is 26.9. The molecule has 0 aliphatic rings. The highest BCUT2D eigenvalue weighted by molar-refractivity contribution is 6.03. The van der Waals surface area contributed by atoms with Gasteiger partial charge in [-0.1, -0.05) is 18.2 Å². The molecule has 0 spiro atoms. The minimum absolute atomic E-state index is 0.199. The number of nitrogens with one attached hydrogen (secondary N) is 3. The molecule has 12 nitrogen and oxygen atoms in total. The molecule has 0 fully saturated rings. The van der Waals surface area contributed by atoms with Crippen molar-refractivity contribution in [3.8, 4) is 17.2 Å². The number of carbonyl (C=O) groups is 3. The van der Waals surface area contributed by atoms with Gasteiger partial charge < -0.3 is 36.7 Å². The average molecular weight is 509 g/mol. The molecule has 0 radical (unpaired) electrons. The second-order valence-corrected chi connectivity index (χ2v) is 8.08. The number of guanidine groups is 1. The first-order valence-electron chi connectivity index (χ1n) is 11.4. The van der Waals surface area contributed by atoms with Crippen molar-refractivity contribution in [1.29, 1.82) is 5.41 Å². The molecule has 1 atom stereocenters. The third-order valence-electron chi connectivity index (χ3n) is 5.25. The molecule has 37 heavy (non-hydrogen) atoms. The van der Waals surface area contributed by atoms with Gasteiger partial charge >= 0.3 is 11.9 Å². The number of aromatic hydroxyl groups is 1. The third-order valence-corrected chi connectivity index (χ3v) is 5.25. The topological polar surface area (TPSA) is 203 Å². The van der Waals surface area contributed by atoms with E-state index in [2.05, 4.69) is 20.4 Å². The number of rotatable bonds is 10. The van der Waals surface area contributed by atoms with Crippen LogP contribution >= 0.6 is 0 Å². The lowest BCUT2D eigenvalue weighted by Crippen LogP contribution is -2.38. The van der Waals surface area contributed by atoms with Crippen molar-refractivity contribution < 1.29 is 29.0 Å². The van der Waals surface area contributed by atoms with E-state index in [1.165, 1.54) is 0 Å². The molecule has 0 aliphatic carbocycles. The fourth-order valence-electron chi connectivity index (χ4n) is 3.41. The van der Waals surface area contributed by atoms with E-state index in [9.17, 15) is 19.5 Å². The van der Waals surface area contributed by atoms with E-state index < -0.39 is 30.4 Å². The van der Waals surface area contributed by atoms with Gasteiger partial charge in [0.1, 0.15) is 24.1 Å². The molecule has 0 bridgehead atoms. The molecule has 1 amide bonds. The molecule has 3 rings (SSSR count).